The number of alkyl halides is 3. The highest BCUT2D eigenvalue weighted by molar-refractivity contribution is 6.33. The zero-order valence-corrected chi connectivity index (χ0v) is 16.8. The standard InChI is InChI=1S/C21H23ClF3N3O/c1-13(21(23,24)25)28-20(29)16-4-2-14(3-5-16)12-27-19-17-9-11-26-10-8-15(17)6-7-18(19)22/h2-7,13,26-27H,8-12H2,1H3,(H,28,29). The highest BCUT2D eigenvalue weighted by Gasteiger charge is 2.37. The largest absolute Gasteiger partial charge is 0.408 e. The van der Waals surface area contributed by atoms with Crippen LogP contribution in [0.25, 0.3) is 0 Å². The Morgan fingerprint density at radius 2 is 1.83 bits per heavy atom. The van der Waals surface area contributed by atoms with Gasteiger partial charge in [-0.3, -0.25) is 4.79 Å². The second-order valence-electron chi connectivity index (χ2n) is 7.10. The zero-order chi connectivity index (χ0) is 21.0. The van der Waals surface area contributed by atoms with Gasteiger partial charge in [0.2, 0.25) is 0 Å². The Kier molecular flexibility index (Phi) is 6.70. The van der Waals surface area contributed by atoms with E-state index >= 15 is 0 Å². The van der Waals surface area contributed by atoms with Crippen molar-refractivity contribution in [1.82, 2.24) is 10.6 Å². The lowest BCUT2D eigenvalue weighted by Crippen LogP contribution is -2.43. The molecule has 1 aliphatic rings. The Balaban J connectivity index is 1.66. The van der Waals surface area contributed by atoms with Gasteiger partial charge in [0.25, 0.3) is 5.91 Å². The molecule has 3 N–H and O–H groups in total. The van der Waals surface area contributed by atoms with Crippen molar-refractivity contribution in [2.75, 3.05) is 18.4 Å². The first-order chi connectivity index (χ1) is 13.8. The van der Waals surface area contributed by atoms with Gasteiger partial charge in [-0.2, -0.15) is 13.2 Å². The van der Waals surface area contributed by atoms with Crippen molar-refractivity contribution in [1.29, 1.82) is 0 Å². The third kappa shape index (κ3) is 5.42. The number of anilines is 1. The molecule has 29 heavy (non-hydrogen) atoms. The van der Waals surface area contributed by atoms with Crippen LogP contribution in [0.5, 0.6) is 0 Å². The number of hydrogen-bond acceptors (Lipinski definition) is 3. The number of nitrogens with one attached hydrogen (secondary N) is 3. The Bertz CT molecular complexity index is 869. The molecule has 0 aromatic heterocycles. The van der Waals surface area contributed by atoms with E-state index in [1.165, 1.54) is 23.3 Å². The molecule has 0 bridgehead atoms. The number of fused-ring (bicyclic) bond motifs is 1. The van der Waals surface area contributed by atoms with E-state index in [0.29, 0.717) is 11.6 Å². The Morgan fingerprint density at radius 3 is 2.52 bits per heavy atom. The maximum absolute atomic E-state index is 12.6. The lowest BCUT2D eigenvalue weighted by Gasteiger charge is -2.17. The van der Waals surface area contributed by atoms with Crippen molar-refractivity contribution < 1.29 is 18.0 Å². The van der Waals surface area contributed by atoms with Crippen molar-refractivity contribution in [2.24, 2.45) is 0 Å². The number of halogens is 4. The minimum absolute atomic E-state index is 0.183. The molecule has 1 unspecified atom stereocenters. The van der Waals surface area contributed by atoms with Gasteiger partial charge < -0.3 is 16.0 Å². The van der Waals surface area contributed by atoms with Crippen molar-refractivity contribution in [3.63, 3.8) is 0 Å². The van der Waals surface area contributed by atoms with E-state index in [9.17, 15) is 18.0 Å². The number of carbonyl (C=O) groups excluding carboxylic acids is 1. The highest BCUT2D eigenvalue weighted by atomic mass is 35.5. The van der Waals surface area contributed by atoms with Gasteiger partial charge in [0, 0.05) is 12.1 Å². The molecule has 3 rings (SSSR count). The van der Waals surface area contributed by atoms with Crippen LogP contribution >= 0.6 is 11.6 Å². The van der Waals surface area contributed by atoms with Gasteiger partial charge in [-0.1, -0.05) is 29.8 Å². The van der Waals surface area contributed by atoms with Gasteiger partial charge in [-0.15, -0.1) is 0 Å². The smallest absolute Gasteiger partial charge is 0.380 e. The fourth-order valence-electron chi connectivity index (χ4n) is 3.26. The average Bonchev–Trinajstić information content (AvgIpc) is 2.92. The molecule has 1 heterocycles. The maximum atomic E-state index is 12.6. The van der Waals surface area contributed by atoms with Gasteiger partial charge in [0.05, 0.1) is 10.7 Å². The van der Waals surface area contributed by atoms with Crippen LogP contribution in [-0.2, 0) is 19.4 Å². The van der Waals surface area contributed by atoms with E-state index in [2.05, 4.69) is 16.7 Å². The lowest BCUT2D eigenvalue weighted by atomic mass is 10.0. The van der Waals surface area contributed by atoms with Crippen molar-refractivity contribution in [2.45, 2.75) is 38.5 Å². The fraction of sp³-hybridized carbons (Fsp3) is 0.381. The van der Waals surface area contributed by atoms with Crippen LogP contribution in [0.2, 0.25) is 5.02 Å². The molecule has 2 aromatic carbocycles. The SMILES string of the molecule is CC(NC(=O)c1ccc(CNc2c(Cl)ccc3c2CCNCC3)cc1)C(F)(F)F. The van der Waals surface area contributed by atoms with Crippen LogP contribution in [0.4, 0.5) is 18.9 Å². The summed E-state index contributed by atoms with van der Waals surface area (Å²) in [6, 6.07) is 8.53. The molecule has 0 spiro atoms. The lowest BCUT2D eigenvalue weighted by molar-refractivity contribution is -0.149. The summed E-state index contributed by atoms with van der Waals surface area (Å²) >= 11 is 6.40. The predicted octanol–water partition coefficient (Wildman–Crippen LogP) is 4.32. The molecule has 0 saturated heterocycles. The minimum Gasteiger partial charge on any atom is -0.380 e. The minimum atomic E-state index is -4.47. The topological polar surface area (TPSA) is 53.2 Å². The number of hydrogen-bond donors (Lipinski definition) is 3. The molecule has 0 radical (unpaired) electrons. The van der Waals surface area contributed by atoms with Gasteiger partial charge in [0.15, 0.2) is 0 Å². The number of benzene rings is 2. The van der Waals surface area contributed by atoms with Gasteiger partial charge in [0.1, 0.15) is 6.04 Å². The van der Waals surface area contributed by atoms with Gasteiger partial charge in [-0.25, -0.2) is 0 Å². The molecular formula is C21H23ClF3N3O. The summed E-state index contributed by atoms with van der Waals surface area (Å²) < 4.78 is 37.8. The van der Waals surface area contributed by atoms with Crippen molar-refractivity contribution in [3.05, 3.63) is 63.7 Å². The first-order valence-electron chi connectivity index (χ1n) is 9.47. The van der Waals surface area contributed by atoms with Crippen LogP contribution in [0.1, 0.15) is 34.0 Å². The van der Waals surface area contributed by atoms with E-state index < -0.39 is 18.1 Å². The van der Waals surface area contributed by atoms with Gasteiger partial charge in [-0.05, 0) is 67.7 Å². The molecule has 4 nitrogen and oxygen atoms in total. The van der Waals surface area contributed by atoms with E-state index in [1.807, 2.05) is 11.4 Å². The van der Waals surface area contributed by atoms with E-state index in [4.69, 9.17) is 11.6 Å². The summed E-state index contributed by atoms with van der Waals surface area (Å²) in [6.45, 7) is 3.23. The van der Waals surface area contributed by atoms with E-state index in [-0.39, 0.29) is 5.56 Å². The normalized spacial score (nSPS) is 15.2. The van der Waals surface area contributed by atoms with Crippen molar-refractivity contribution in [3.8, 4) is 0 Å². The fourth-order valence-corrected chi connectivity index (χ4v) is 3.50. The summed E-state index contributed by atoms with van der Waals surface area (Å²) in [5.74, 6) is -0.752. The van der Waals surface area contributed by atoms with Crippen LogP contribution in [0, 0.1) is 0 Å². The molecule has 1 atom stereocenters. The molecule has 156 valence electrons. The number of carbonyl (C=O) groups is 1. The van der Waals surface area contributed by atoms with Crippen LogP contribution < -0.4 is 16.0 Å². The molecule has 1 amide bonds. The highest BCUT2D eigenvalue weighted by Crippen LogP contribution is 2.31. The Morgan fingerprint density at radius 1 is 1.14 bits per heavy atom. The third-order valence-corrected chi connectivity index (χ3v) is 5.32. The van der Waals surface area contributed by atoms with Crippen LogP contribution in [0.15, 0.2) is 36.4 Å². The molecule has 0 fully saturated rings. The first kappa shape index (κ1) is 21.5. The summed E-state index contributed by atoms with van der Waals surface area (Å²) in [6.07, 6.45) is -2.64. The van der Waals surface area contributed by atoms with E-state index in [0.717, 1.165) is 44.1 Å². The molecule has 0 saturated carbocycles. The summed E-state index contributed by atoms with van der Waals surface area (Å²) in [5.41, 5.74) is 4.47. The zero-order valence-electron chi connectivity index (χ0n) is 16.0. The van der Waals surface area contributed by atoms with Crippen LogP contribution in [-0.4, -0.2) is 31.2 Å². The maximum Gasteiger partial charge on any atom is 0.408 e. The Labute approximate surface area is 172 Å². The number of rotatable bonds is 5. The molecule has 0 aliphatic carbocycles. The second kappa shape index (κ2) is 9.05. The molecular weight excluding hydrogens is 403 g/mol. The average molecular weight is 426 g/mol. The Hall–Kier alpha value is -2.25. The second-order valence-corrected chi connectivity index (χ2v) is 7.50. The first-order valence-corrected chi connectivity index (χ1v) is 9.85. The monoisotopic (exact) mass is 425 g/mol. The molecule has 1 aliphatic heterocycles. The van der Waals surface area contributed by atoms with Crippen LogP contribution in [0.3, 0.4) is 0 Å². The molecule has 2 aromatic rings. The third-order valence-electron chi connectivity index (χ3n) is 5.01. The summed E-state index contributed by atoms with van der Waals surface area (Å²) in [4.78, 5) is 12.0. The van der Waals surface area contributed by atoms with E-state index in [1.54, 1.807) is 12.1 Å². The predicted molar refractivity (Wildman–Crippen MR) is 108 cm³/mol. The van der Waals surface area contributed by atoms with Gasteiger partial charge >= 0.3 is 6.18 Å². The van der Waals surface area contributed by atoms with Crippen molar-refractivity contribution >= 4 is 23.2 Å². The quantitative estimate of drug-likeness (QED) is 0.668. The molecule has 8 heteroatoms. The summed E-state index contributed by atoms with van der Waals surface area (Å²) in [5, 5.41) is 9.37. The summed E-state index contributed by atoms with van der Waals surface area (Å²) in [7, 11) is 0. The number of amides is 1.